The van der Waals surface area contributed by atoms with Gasteiger partial charge in [-0.25, -0.2) is 4.98 Å². The molecule has 0 radical (unpaired) electrons. The molecule has 35 heavy (non-hydrogen) atoms. The van der Waals surface area contributed by atoms with Crippen molar-refractivity contribution in [2.45, 2.75) is 39.2 Å². The molecule has 4 rings (SSSR count). The van der Waals surface area contributed by atoms with Crippen LogP contribution in [-0.4, -0.2) is 35.7 Å². The first kappa shape index (κ1) is 24.3. The molecule has 1 atom stereocenters. The SMILES string of the molecule is CCC(C)c1ccc(OCCn2c(CCNC(=O)c3cccc(OC)c3)nc3ccccc32)cc1. The summed E-state index contributed by atoms with van der Waals surface area (Å²) < 4.78 is 13.4. The molecule has 0 aliphatic carbocycles. The van der Waals surface area contributed by atoms with E-state index in [2.05, 4.69) is 41.9 Å². The number of amides is 1. The van der Waals surface area contributed by atoms with Crippen molar-refractivity contribution in [3.05, 3.63) is 89.7 Å². The van der Waals surface area contributed by atoms with E-state index in [1.807, 2.05) is 42.5 Å². The lowest BCUT2D eigenvalue weighted by Crippen LogP contribution is -2.26. The number of ether oxygens (including phenoxy) is 2. The predicted molar refractivity (Wildman–Crippen MR) is 139 cm³/mol. The lowest BCUT2D eigenvalue weighted by Gasteiger charge is -2.13. The minimum atomic E-state index is -0.129. The lowest BCUT2D eigenvalue weighted by atomic mass is 9.99. The molecule has 0 aliphatic rings. The van der Waals surface area contributed by atoms with E-state index in [0.29, 0.717) is 43.3 Å². The zero-order chi connectivity index (χ0) is 24.6. The van der Waals surface area contributed by atoms with Gasteiger partial charge in [0.15, 0.2) is 0 Å². The molecule has 0 aliphatic heterocycles. The van der Waals surface area contributed by atoms with Crippen molar-refractivity contribution in [3.8, 4) is 11.5 Å². The van der Waals surface area contributed by atoms with Crippen LogP contribution in [0.1, 0.15) is 47.9 Å². The summed E-state index contributed by atoms with van der Waals surface area (Å²) in [6.45, 7) is 6.13. The van der Waals surface area contributed by atoms with E-state index in [4.69, 9.17) is 14.5 Å². The van der Waals surface area contributed by atoms with Crippen molar-refractivity contribution in [2.24, 2.45) is 0 Å². The number of nitrogens with one attached hydrogen (secondary N) is 1. The van der Waals surface area contributed by atoms with E-state index in [0.717, 1.165) is 29.0 Å². The van der Waals surface area contributed by atoms with Crippen molar-refractivity contribution in [3.63, 3.8) is 0 Å². The van der Waals surface area contributed by atoms with Gasteiger partial charge in [-0.2, -0.15) is 0 Å². The Labute approximate surface area is 206 Å². The first-order valence-corrected chi connectivity index (χ1v) is 12.2. The summed E-state index contributed by atoms with van der Waals surface area (Å²) in [6.07, 6.45) is 1.74. The maximum atomic E-state index is 12.6. The van der Waals surface area contributed by atoms with Crippen LogP contribution in [0.2, 0.25) is 0 Å². The number of imidazole rings is 1. The summed E-state index contributed by atoms with van der Waals surface area (Å²) in [6, 6.07) is 23.6. The summed E-state index contributed by atoms with van der Waals surface area (Å²) in [4.78, 5) is 17.4. The number of methoxy groups -OCH3 is 1. The molecule has 0 spiro atoms. The fourth-order valence-corrected chi connectivity index (χ4v) is 4.10. The lowest BCUT2D eigenvalue weighted by molar-refractivity contribution is 0.0953. The first-order valence-electron chi connectivity index (χ1n) is 12.2. The quantitative estimate of drug-likeness (QED) is 0.309. The zero-order valence-electron chi connectivity index (χ0n) is 20.7. The summed E-state index contributed by atoms with van der Waals surface area (Å²) in [5.74, 6) is 2.87. The number of para-hydroxylation sites is 2. The molecule has 6 heteroatoms. The summed E-state index contributed by atoms with van der Waals surface area (Å²) in [5.41, 5.74) is 3.92. The number of hydrogen-bond acceptors (Lipinski definition) is 4. The molecule has 1 unspecified atom stereocenters. The predicted octanol–water partition coefficient (Wildman–Crippen LogP) is 5.61. The van der Waals surface area contributed by atoms with Crippen molar-refractivity contribution in [2.75, 3.05) is 20.3 Å². The molecule has 1 N–H and O–H groups in total. The van der Waals surface area contributed by atoms with Crippen LogP contribution in [-0.2, 0) is 13.0 Å². The van der Waals surface area contributed by atoms with E-state index < -0.39 is 0 Å². The highest BCUT2D eigenvalue weighted by atomic mass is 16.5. The van der Waals surface area contributed by atoms with Crippen LogP contribution in [0.5, 0.6) is 11.5 Å². The third kappa shape index (κ3) is 6.01. The van der Waals surface area contributed by atoms with Crippen LogP contribution in [0.15, 0.2) is 72.8 Å². The minimum Gasteiger partial charge on any atom is -0.497 e. The fourth-order valence-electron chi connectivity index (χ4n) is 4.10. The number of fused-ring (bicyclic) bond motifs is 1. The number of nitrogens with zero attached hydrogens (tertiary/aromatic N) is 2. The molecule has 6 nitrogen and oxygen atoms in total. The number of hydrogen-bond donors (Lipinski definition) is 1. The van der Waals surface area contributed by atoms with Gasteiger partial charge >= 0.3 is 0 Å². The standard InChI is InChI=1S/C29H33N3O3/c1-4-21(2)22-12-14-24(15-13-22)35-19-18-32-27-11-6-5-10-26(27)31-28(32)16-17-30-29(33)23-8-7-9-25(20-23)34-3/h5-15,20-21H,4,16-19H2,1-3H3,(H,30,33). The van der Waals surface area contributed by atoms with E-state index in [1.165, 1.54) is 5.56 Å². The molecular formula is C29H33N3O3. The normalized spacial score (nSPS) is 11.9. The maximum Gasteiger partial charge on any atom is 0.251 e. The molecule has 1 amide bonds. The van der Waals surface area contributed by atoms with Gasteiger partial charge < -0.3 is 19.4 Å². The van der Waals surface area contributed by atoms with Crippen LogP contribution < -0.4 is 14.8 Å². The third-order valence-electron chi connectivity index (χ3n) is 6.34. The van der Waals surface area contributed by atoms with Crippen molar-refractivity contribution < 1.29 is 14.3 Å². The second-order valence-electron chi connectivity index (χ2n) is 8.63. The third-order valence-corrected chi connectivity index (χ3v) is 6.34. The highest BCUT2D eigenvalue weighted by Crippen LogP contribution is 2.22. The highest BCUT2D eigenvalue weighted by molar-refractivity contribution is 5.94. The molecule has 0 fully saturated rings. The Morgan fingerprint density at radius 3 is 2.60 bits per heavy atom. The van der Waals surface area contributed by atoms with Gasteiger partial charge in [-0.15, -0.1) is 0 Å². The summed E-state index contributed by atoms with van der Waals surface area (Å²) >= 11 is 0. The van der Waals surface area contributed by atoms with E-state index >= 15 is 0 Å². The molecule has 182 valence electrons. The van der Waals surface area contributed by atoms with Crippen molar-refractivity contribution >= 4 is 16.9 Å². The molecular weight excluding hydrogens is 438 g/mol. The Kier molecular flexibility index (Phi) is 8.03. The van der Waals surface area contributed by atoms with E-state index in [-0.39, 0.29) is 5.91 Å². The fraction of sp³-hybridized carbons (Fsp3) is 0.310. The van der Waals surface area contributed by atoms with E-state index in [9.17, 15) is 4.79 Å². The van der Waals surface area contributed by atoms with Crippen LogP contribution in [0.3, 0.4) is 0 Å². The van der Waals surface area contributed by atoms with Gasteiger partial charge in [-0.3, -0.25) is 4.79 Å². The van der Waals surface area contributed by atoms with Crippen molar-refractivity contribution in [1.82, 2.24) is 14.9 Å². The first-order chi connectivity index (χ1) is 17.1. The number of aromatic nitrogens is 2. The van der Waals surface area contributed by atoms with Crippen molar-refractivity contribution in [1.29, 1.82) is 0 Å². The van der Waals surface area contributed by atoms with Gasteiger partial charge in [0.25, 0.3) is 5.91 Å². The van der Waals surface area contributed by atoms with Crippen LogP contribution in [0, 0.1) is 0 Å². The summed E-state index contributed by atoms with van der Waals surface area (Å²) in [5, 5.41) is 2.99. The molecule has 4 aromatic rings. The molecule has 3 aromatic carbocycles. The number of carbonyl (C=O) groups is 1. The van der Waals surface area contributed by atoms with Gasteiger partial charge in [-0.05, 0) is 60.4 Å². The van der Waals surface area contributed by atoms with Gasteiger partial charge in [0, 0.05) is 18.5 Å². The Bertz CT molecular complexity index is 1260. The second-order valence-corrected chi connectivity index (χ2v) is 8.63. The Morgan fingerprint density at radius 2 is 1.83 bits per heavy atom. The minimum absolute atomic E-state index is 0.129. The molecule has 0 saturated heterocycles. The maximum absolute atomic E-state index is 12.6. The molecule has 0 saturated carbocycles. The average Bonchev–Trinajstić information content (AvgIpc) is 3.25. The Hall–Kier alpha value is -3.80. The number of rotatable bonds is 11. The zero-order valence-corrected chi connectivity index (χ0v) is 20.7. The summed E-state index contributed by atoms with van der Waals surface area (Å²) in [7, 11) is 1.59. The van der Waals surface area contributed by atoms with Gasteiger partial charge in [0.05, 0.1) is 24.7 Å². The smallest absolute Gasteiger partial charge is 0.251 e. The van der Waals surface area contributed by atoms with Gasteiger partial charge in [0.2, 0.25) is 0 Å². The second kappa shape index (κ2) is 11.6. The van der Waals surface area contributed by atoms with Crippen LogP contribution in [0.25, 0.3) is 11.0 Å². The van der Waals surface area contributed by atoms with Gasteiger partial charge in [0.1, 0.15) is 23.9 Å². The van der Waals surface area contributed by atoms with Gasteiger partial charge in [-0.1, -0.05) is 44.2 Å². The number of carbonyl (C=O) groups excluding carboxylic acids is 1. The Balaban J connectivity index is 1.39. The molecule has 1 aromatic heterocycles. The Morgan fingerprint density at radius 1 is 1.03 bits per heavy atom. The van der Waals surface area contributed by atoms with Crippen LogP contribution >= 0.6 is 0 Å². The molecule has 0 bridgehead atoms. The average molecular weight is 472 g/mol. The topological polar surface area (TPSA) is 65.4 Å². The largest absolute Gasteiger partial charge is 0.497 e. The monoisotopic (exact) mass is 471 g/mol. The molecule has 1 heterocycles. The highest BCUT2D eigenvalue weighted by Gasteiger charge is 2.12. The number of benzene rings is 3. The van der Waals surface area contributed by atoms with Crippen LogP contribution in [0.4, 0.5) is 0 Å². The van der Waals surface area contributed by atoms with E-state index in [1.54, 1.807) is 19.2 Å².